The van der Waals surface area contributed by atoms with Crippen LogP contribution in [0.4, 0.5) is 0 Å². The Morgan fingerprint density at radius 2 is 2.06 bits per heavy atom. The highest BCUT2D eigenvalue weighted by molar-refractivity contribution is 5.39. The number of aliphatic hydroxyl groups excluding tert-OH is 1. The zero-order valence-corrected chi connectivity index (χ0v) is 11.2. The summed E-state index contributed by atoms with van der Waals surface area (Å²) >= 11 is 0. The first-order valence-electron chi connectivity index (χ1n) is 6.04. The molecule has 0 saturated heterocycles. The molecular weight excluding hydrogens is 214 g/mol. The number of hydrogen-bond donors (Lipinski definition) is 1. The molecule has 0 atom stereocenters. The molecule has 0 radical (unpaired) electrons. The first-order valence-corrected chi connectivity index (χ1v) is 6.04. The highest BCUT2D eigenvalue weighted by Crippen LogP contribution is 2.27. The maximum Gasteiger partial charge on any atom is 0.122 e. The summed E-state index contributed by atoms with van der Waals surface area (Å²) in [7, 11) is 3.72. The fraction of sp³-hybridized carbons (Fsp3) is 0.571. The van der Waals surface area contributed by atoms with E-state index in [0.29, 0.717) is 12.5 Å². The molecule has 0 heterocycles. The Kier molecular flexibility index (Phi) is 5.45. The van der Waals surface area contributed by atoms with Crippen molar-refractivity contribution in [2.75, 3.05) is 27.3 Å². The van der Waals surface area contributed by atoms with Crippen molar-refractivity contribution < 1.29 is 9.84 Å². The lowest BCUT2D eigenvalue weighted by Gasteiger charge is -2.18. The van der Waals surface area contributed by atoms with E-state index in [1.807, 2.05) is 13.1 Å². The Morgan fingerprint density at radius 3 is 2.59 bits per heavy atom. The number of methoxy groups -OCH3 is 1. The van der Waals surface area contributed by atoms with Crippen LogP contribution in [0.1, 0.15) is 30.9 Å². The van der Waals surface area contributed by atoms with Crippen molar-refractivity contribution in [1.29, 1.82) is 0 Å². The summed E-state index contributed by atoms with van der Waals surface area (Å²) in [5, 5.41) is 8.88. The van der Waals surface area contributed by atoms with Gasteiger partial charge in [0.2, 0.25) is 0 Å². The number of hydrogen-bond acceptors (Lipinski definition) is 3. The van der Waals surface area contributed by atoms with Crippen LogP contribution in [0.25, 0.3) is 0 Å². The first-order chi connectivity index (χ1) is 8.08. The van der Waals surface area contributed by atoms with Gasteiger partial charge in [-0.05, 0) is 30.2 Å². The van der Waals surface area contributed by atoms with Crippen molar-refractivity contribution in [2.45, 2.75) is 26.3 Å². The van der Waals surface area contributed by atoms with Gasteiger partial charge in [0.05, 0.1) is 13.7 Å². The van der Waals surface area contributed by atoms with Crippen molar-refractivity contribution in [3.63, 3.8) is 0 Å². The summed E-state index contributed by atoms with van der Waals surface area (Å²) in [6.07, 6.45) is 0. The third-order valence-corrected chi connectivity index (χ3v) is 2.85. The van der Waals surface area contributed by atoms with Gasteiger partial charge < -0.3 is 9.84 Å². The maximum absolute atomic E-state index is 8.88. The van der Waals surface area contributed by atoms with Gasteiger partial charge in [-0.1, -0.05) is 26.0 Å². The maximum atomic E-state index is 8.88. The Labute approximate surface area is 104 Å². The second kappa shape index (κ2) is 6.62. The van der Waals surface area contributed by atoms with E-state index in [4.69, 9.17) is 9.84 Å². The van der Waals surface area contributed by atoms with Crippen LogP contribution < -0.4 is 4.74 Å². The number of benzene rings is 1. The van der Waals surface area contributed by atoms with E-state index in [2.05, 4.69) is 30.9 Å². The lowest BCUT2D eigenvalue weighted by Crippen LogP contribution is -2.21. The van der Waals surface area contributed by atoms with Crippen LogP contribution in [-0.2, 0) is 6.54 Å². The molecule has 0 aliphatic rings. The van der Waals surface area contributed by atoms with Gasteiger partial charge in [-0.25, -0.2) is 0 Å². The van der Waals surface area contributed by atoms with Crippen LogP contribution in [0.5, 0.6) is 5.75 Å². The first kappa shape index (κ1) is 14.0. The van der Waals surface area contributed by atoms with Crippen molar-refractivity contribution in [2.24, 2.45) is 0 Å². The Morgan fingerprint density at radius 1 is 1.35 bits per heavy atom. The van der Waals surface area contributed by atoms with Crippen LogP contribution in [-0.4, -0.2) is 37.3 Å². The highest BCUT2D eigenvalue weighted by atomic mass is 16.5. The zero-order valence-electron chi connectivity index (χ0n) is 11.2. The summed E-state index contributed by atoms with van der Waals surface area (Å²) in [5.74, 6) is 1.40. The molecular formula is C14H23NO2. The fourth-order valence-electron chi connectivity index (χ4n) is 1.89. The van der Waals surface area contributed by atoms with Gasteiger partial charge in [-0.3, -0.25) is 4.90 Å². The lowest BCUT2D eigenvalue weighted by atomic mass is 9.99. The summed E-state index contributed by atoms with van der Waals surface area (Å²) in [6, 6.07) is 6.30. The molecule has 1 aromatic carbocycles. The lowest BCUT2D eigenvalue weighted by molar-refractivity contribution is 0.217. The number of nitrogens with zero attached hydrogens (tertiary/aromatic N) is 1. The van der Waals surface area contributed by atoms with Crippen LogP contribution in [0, 0.1) is 0 Å². The van der Waals surface area contributed by atoms with Gasteiger partial charge in [0.1, 0.15) is 5.75 Å². The van der Waals surface area contributed by atoms with E-state index >= 15 is 0 Å². The summed E-state index contributed by atoms with van der Waals surface area (Å²) in [4.78, 5) is 2.10. The zero-order chi connectivity index (χ0) is 12.8. The molecule has 0 aromatic heterocycles. The monoisotopic (exact) mass is 237 g/mol. The van der Waals surface area contributed by atoms with Crippen molar-refractivity contribution in [1.82, 2.24) is 4.90 Å². The average molecular weight is 237 g/mol. The Balaban J connectivity index is 2.84. The van der Waals surface area contributed by atoms with E-state index in [-0.39, 0.29) is 6.61 Å². The minimum atomic E-state index is 0.198. The summed E-state index contributed by atoms with van der Waals surface area (Å²) in [6.45, 7) is 6.08. The molecule has 0 amide bonds. The van der Waals surface area contributed by atoms with E-state index in [0.717, 1.165) is 12.3 Å². The highest BCUT2D eigenvalue weighted by Gasteiger charge is 2.09. The summed E-state index contributed by atoms with van der Waals surface area (Å²) in [5.41, 5.74) is 2.49. The topological polar surface area (TPSA) is 32.7 Å². The largest absolute Gasteiger partial charge is 0.496 e. The van der Waals surface area contributed by atoms with Crippen LogP contribution in [0.3, 0.4) is 0 Å². The standard InChI is InChI=1S/C14H23NO2/c1-11(2)13-9-12(5-6-14(13)17-4)10-15(3)7-8-16/h5-6,9,11,16H,7-8,10H2,1-4H3. The Bertz CT molecular complexity index is 350. The molecule has 17 heavy (non-hydrogen) atoms. The van der Waals surface area contributed by atoms with Gasteiger partial charge in [0, 0.05) is 13.1 Å². The van der Waals surface area contributed by atoms with Gasteiger partial charge in [-0.2, -0.15) is 0 Å². The number of likely N-dealkylation sites (N-methyl/N-ethyl adjacent to an activating group) is 1. The minimum Gasteiger partial charge on any atom is -0.496 e. The predicted molar refractivity (Wildman–Crippen MR) is 70.5 cm³/mol. The Hall–Kier alpha value is -1.06. The molecule has 1 rings (SSSR count). The van der Waals surface area contributed by atoms with E-state index < -0.39 is 0 Å². The summed E-state index contributed by atoms with van der Waals surface area (Å²) < 4.78 is 5.36. The predicted octanol–water partition coefficient (Wildman–Crippen LogP) is 2.24. The third-order valence-electron chi connectivity index (χ3n) is 2.85. The molecule has 1 aromatic rings. The molecule has 0 aliphatic carbocycles. The van der Waals surface area contributed by atoms with E-state index in [1.54, 1.807) is 7.11 Å². The van der Waals surface area contributed by atoms with Crippen LogP contribution >= 0.6 is 0 Å². The molecule has 0 aliphatic heterocycles. The molecule has 0 bridgehead atoms. The molecule has 0 spiro atoms. The van der Waals surface area contributed by atoms with Crippen LogP contribution in [0.15, 0.2) is 18.2 Å². The normalized spacial score (nSPS) is 11.2. The second-order valence-electron chi connectivity index (χ2n) is 4.69. The SMILES string of the molecule is COc1ccc(CN(C)CCO)cc1C(C)C. The third kappa shape index (κ3) is 4.02. The van der Waals surface area contributed by atoms with Crippen molar-refractivity contribution in [3.8, 4) is 5.75 Å². The molecule has 1 N–H and O–H groups in total. The quantitative estimate of drug-likeness (QED) is 0.823. The molecule has 0 fully saturated rings. The smallest absolute Gasteiger partial charge is 0.122 e. The minimum absolute atomic E-state index is 0.198. The van der Waals surface area contributed by atoms with Gasteiger partial charge in [0.25, 0.3) is 0 Å². The number of aliphatic hydroxyl groups is 1. The van der Waals surface area contributed by atoms with Crippen LogP contribution in [0.2, 0.25) is 0 Å². The number of ether oxygens (including phenoxy) is 1. The van der Waals surface area contributed by atoms with Gasteiger partial charge >= 0.3 is 0 Å². The van der Waals surface area contributed by atoms with E-state index in [1.165, 1.54) is 11.1 Å². The van der Waals surface area contributed by atoms with E-state index in [9.17, 15) is 0 Å². The fourth-order valence-corrected chi connectivity index (χ4v) is 1.89. The second-order valence-corrected chi connectivity index (χ2v) is 4.69. The molecule has 96 valence electrons. The molecule has 3 nitrogen and oxygen atoms in total. The number of rotatable bonds is 6. The van der Waals surface area contributed by atoms with Crippen molar-refractivity contribution >= 4 is 0 Å². The van der Waals surface area contributed by atoms with Crippen molar-refractivity contribution in [3.05, 3.63) is 29.3 Å². The van der Waals surface area contributed by atoms with Gasteiger partial charge in [-0.15, -0.1) is 0 Å². The average Bonchev–Trinajstić information content (AvgIpc) is 2.29. The molecule has 3 heteroatoms. The van der Waals surface area contributed by atoms with Gasteiger partial charge in [0.15, 0.2) is 0 Å². The molecule has 0 saturated carbocycles. The molecule has 0 unspecified atom stereocenters.